The normalized spacial score (nSPS) is 12.1. The zero-order valence-corrected chi connectivity index (χ0v) is 15.0. The van der Waals surface area contributed by atoms with Crippen molar-refractivity contribution in [1.82, 2.24) is 0 Å². The topological polar surface area (TPSA) is 37.3 Å². The van der Waals surface area contributed by atoms with Crippen LogP contribution < -0.4 is 0 Å². The fourth-order valence-corrected chi connectivity index (χ4v) is 3.12. The number of rotatable bonds is 5. The predicted octanol–water partition coefficient (Wildman–Crippen LogP) is 5.35. The Kier molecular flexibility index (Phi) is 5.85. The van der Waals surface area contributed by atoms with Crippen molar-refractivity contribution in [2.45, 2.75) is 12.8 Å². The minimum atomic E-state index is -0.808. The van der Waals surface area contributed by atoms with Crippen LogP contribution >= 0.6 is 43.5 Å². The molecule has 0 aromatic heterocycles. The van der Waals surface area contributed by atoms with Gasteiger partial charge in [-0.05, 0) is 48.2 Å². The van der Waals surface area contributed by atoms with Gasteiger partial charge in [0, 0.05) is 14.0 Å². The molecule has 0 amide bonds. The van der Waals surface area contributed by atoms with Crippen molar-refractivity contribution in [1.29, 1.82) is 0 Å². The van der Waals surface area contributed by atoms with Gasteiger partial charge in [0.1, 0.15) is 0 Å². The molecule has 0 radical (unpaired) electrons. The van der Waals surface area contributed by atoms with Gasteiger partial charge in [0.05, 0.1) is 5.92 Å². The number of carboxylic acids is 1. The van der Waals surface area contributed by atoms with Crippen LogP contribution in [0.2, 0.25) is 5.02 Å². The van der Waals surface area contributed by atoms with Crippen LogP contribution in [-0.2, 0) is 17.6 Å². The smallest absolute Gasteiger partial charge is 0.307 e. The summed E-state index contributed by atoms with van der Waals surface area (Å²) in [5, 5.41) is 10.0. The molecular formula is C16H13Br2ClO2. The molecule has 2 rings (SSSR count). The molecule has 2 aromatic carbocycles. The van der Waals surface area contributed by atoms with Crippen LogP contribution in [0.1, 0.15) is 11.1 Å². The molecule has 1 atom stereocenters. The van der Waals surface area contributed by atoms with Gasteiger partial charge in [-0.1, -0.05) is 61.7 Å². The van der Waals surface area contributed by atoms with Crippen LogP contribution in [0.5, 0.6) is 0 Å². The van der Waals surface area contributed by atoms with Crippen LogP contribution in [0.3, 0.4) is 0 Å². The second kappa shape index (κ2) is 7.43. The molecule has 0 heterocycles. The molecule has 2 aromatic rings. The summed E-state index contributed by atoms with van der Waals surface area (Å²) in [5.74, 6) is -1.30. The van der Waals surface area contributed by atoms with E-state index in [1.165, 1.54) is 0 Å². The highest BCUT2D eigenvalue weighted by atomic mass is 79.9. The third-order valence-electron chi connectivity index (χ3n) is 3.23. The lowest BCUT2D eigenvalue weighted by Gasteiger charge is -2.14. The summed E-state index contributed by atoms with van der Waals surface area (Å²) in [7, 11) is 0. The molecule has 0 saturated heterocycles. The molecule has 1 N–H and O–H groups in total. The molecule has 5 heteroatoms. The summed E-state index contributed by atoms with van der Waals surface area (Å²) >= 11 is 12.9. The standard InChI is InChI=1S/C16H13Br2ClO2/c17-13-4-1-10(2-5-13)7-12(16(20)21)8-11-3-6-14(18)9-15(11)19/h1-6,9,12H,7-8H2,(H,20,21). The SMILES string of the molecule is O=C(O)C(Cc1ccc(Br)cc1)Cc1ccc(Br)cc1Cl. The van der Waals surface area contributed by atoms with Gasteiger partial charge in [-0.25, -0.2) is 0 Å². The molecule has 0 saturated carbocycles. The number of aliphatic carboxylic acids is 1. The van der Waals surface area contributed by atoms with Gasteiger partial charge in [-0.15, -0.1) is 0 Å². The van der Waals surface area contributed by atoms with Gasteiger partial charge in [-0.2, -0.15) is 0 Å². The maximum atomic E-state index is 11.5. The zero-order valence-electron chi connectivity index (χ0n) is 11.0. The highest BCUT2D eigenvalue weighted by Crippen LogP contribution is 2.25. The van der Waals surface area contributed by atoms with E-state index in [-0.39, 0.29) is 0 Å². The first kappa shape index (κ1) is 16.5. The Morgan fingerprint density at radius 1 is 1.05 bits per heavy atom. The Balaban J connectivity index is 2.15. The van der Waals surface area contributed by atoms with Crippen LogP contribution in [0.15, 0.2) is 51.4 Å². The number of carboxylic acid groups (broad SMARTS) is 1. The summed E-state index contributed by atoms with van der Waals surface area (Å²) in [6.45, 7) is 0. The fraction of sp³-hybridized carbons (Fsp3) is 0.188. The third kappa shape index (κ3) is 4.83. The van der Waals surface area contributed by atoms with E-state index in [4.69, 9.17) is 11.6 Å². The van der Waals surface area contributed by atoms with Crippen molar-refractivity contribution in [3.63, 3.8) is 0 Å². The van der Waals surface area contributed by atoms with E-state index in [0.717, 1.165) is 20.1 Å². The number of hydrogen-bond donors (Lipinski definition) is 1. The quantitative estimate of drug-likeness (QED) is 0.692. The molecule has 1 unspecified atom stereocenters. The summed E-state index contributed by atoms with van der Waals surface area (Å²) in [6, 6.07) is 13.2. The van der Waals surface area contributed by atoms with E-state index >= 15 is 0 Å². The van der Waals surface area contributed by atoms with Gasteiger partial charge in [0.25, 0.3) is 0 Å². The summed E-state index contributed by atoms with van der Waals surface area (Å²) in [6.07, 6.45) is 0.895. The van der Waals surface area contributed by atoms with E-state index in [9.17, 15) is 9.90 Å². The van der Waals surface area contributed by atoms with Crippen molar-refractivity contribution in [3.8, 4) is 0 Å². The third-order valence-corrected chi connectivity index (χ3v) is 4.60. The lowest BCUT2D eigenvalue weighted by atomic mass is 9.92. The van der Waals surface area contributed by atoms with Crippen molar-refractivity contribution in [2.75, 3.05) is 0 Å². The van der Waals surface area contributed by atoms with E-state index in [1.807, 2.05) is 36.4 Å². The average Bonchev–Trinajstić information content (AvgIpc) is 2.43. The Morgan fingerprint density at radius 3 is 2.24 bits per heavy atom. The van der Waals surface area contributed by atoms with Crippen molar-refractivity contribution in [2.24, 2.45) is 5.92 Å². The van der Waals surface area contributed by atoms with Crippen molar-refractivity contribution in [3.05, 3.63) is 67.6 Å². The lowest BCUT2D eigenvalue weighted by Crippen LogP contribution is -2.19. The number of hydrogen-bond acceptors (Lipinski definition) is 1. The van der Waals surface area contributed by atoms with Gasteiger partial charge in [-0.3, -0.25) is 4.79 Å². The maximum Gasteiger partial charge on any atom is 0.307 e. The first-order valence-electron chi connectivity index (χ1n) is 6.37. The number of carbonyl (C=O) groups is 1. The van der Waals surface area contributed by atoms with Crippen LogP contribution in [-0.4, -0.2) is 11.1 Å². The highest BCUT2D eigenvalue weighted by molar-refractivity contribution is 9.10. The minimum absolute atomic E-state index is 0.414. The van der Waals surface area contributed by atoms with Gasteiger partial charge >= 0.3 is 5.97 Å². The number of halogens is 3. The lowest BCUT2D eigenvalue weighted by molar-refractivity contribution is -0.141. The molecule has 110 valence electrons. The Hall–Kier alpha value is -0.840. The van der Waals surface area contributed by atoms with Gasteiger partial charge in [0.15, 0.2) is 0 Å². The average molecular weight is 433 g/mol. The van der Waals surface area contributed by atoms with E-state index < -0.39 is 11.9 Å². The molecule has 0 aliphatic rings. The fourth-order valence-electron chi connectivity index (χ4n) is 2.10. The van der Waals surface area contributed by atoms with E-state index in [2.05, 4.69) is 31.9 Å². The van der Waals surface area contributed by atoms with Crippen LogP contribution in [0.4, 0.5) is 0 Å². The predicted molar refractivity (Wildman–Crippen MR) is 91.8 cm³/mol. The van der Waals surface area contributed by atoms with Crippen molar-refractivity contribution >= 4 is 49.4 Å². The van der Waals surface area contributed by atoms with E-state index in [0.29, 0.717) is 17.9 Å². The van der Waals surface area contributed by atoms with Crippen molar-refractivity contribution < 1.29 is 9.90 Å². The molecule has 0 spiro atoms. The monoisotopic (exact) mass is 430 g/mol. The zero-order chi connectivity index (χ0) is 15.4. The largest absolute Gasteiger partial charge is 0.481 e. The first-order chi connectivity index (χ1) is 9.95. The minimum Gasteiger partial charge on any atom is -0.481 e. The second-order valence-corrected chi connectivity index (χ2v) is 7.04. The Morgan fingerprint density at radius 2 is 1.67 bits per heavy atom. The van der Waals surface area contributed by atoms with Crippen LogP contribution in [0.25, 0.3) is 0 Å². The molecule has 0 aliphatic heterocycles. The molecule has 21 heavy (non-hydrogen) atoms. The summed E-state index contributed by atoms with van der Waals surface area (Å²) in [5.41, 5.74) is 1.85. The number of benzene rings is 2. The second-order valence-electron chi connectivity index (χ2n) is 4.81. The molecule has 2 nitrogen and oxygen atoms in total. The van der Waals surface area contributed by atoms with Gasteiger partial charge in [0.2, 0.25) is 0 Å². The van der Waals surface area contributed by atoms with Gasteiger partial charge < -0.3 is 5.11 Å². The van der Waals surface area contributed by atoms with Crippen LogP contribution in [0, 0.1) is 5.92 Å². The maximum absolute atomic E-state index is 11.5. The molecule has 0 bridgehead atoms. The first-order valence-corrected chi connectivity index (χ1v) is 8.33. The summed E-state index contributed by atoms with van der Waals surface area (Å²) in [4.78, 5) is 11.5. The highest BCUT2D eigenvalue weighted by Gasteiger charge is 2.20. The molecule has 0 fully saturated rings. The molecular weight excluding hydrogens is 419 g/mol. The summed E-state index contributed by atoms with van der Waals surface area (Å²) < 4.78 is 1.87. The Bertz CT molecular complexity index is 641. The Labute approximate surface area is 145 Å². The van der Waals surface area contributed by atoms with E-state index in [1.54, 1.807) is 6.07 Å². The molecule has 0 aliphatic carbocycles.